The third-order valence-electron chi connectivity index (χ3n) is 3.57. The molecule has 1 N–H and O–H groups in total. The average Bonchev–Trinajstić information content (AvgIpc) is 3.26. The number of rotatable bonds is 8. The molecular formula is C18H19FN4O2S. The van der Waals surface area contributed by atoms with Gasteiger partial charge in [-0.05, 0) is 42.6 Å². The molecule has 0 aliphatic carbocycles. The first-order valence-corrected chi connectivity index (χ1v) is 9.16. The third kappa shape index (κ3) is 4.96. The number of amides is 1. The van der Waals surface area contributed by atoms with E-state index in [1.807, 2.05) is 29.3 Å². The number of hydrogen-bond acceptors (Lipinski definition) is 6. The Hall–Kier alpha value is -2.58. The summed E-state index contributed by atoms with van der Waals surface area (Å²) < 4.78 is 18.9. The smallest absolute Gasteiger partial charge is 0.257 e. The topological polar surface area (TPSA) is 71.3 Å². The van der Waals surface area contributed by atoms with E-state index in [9.17, 15) is 9.18 Å². The van der Waals surface area contributed by atoms with Gasteiger partial charge in [0.2, 0.25) is 11.8 Å². The van der Waals surface area contributed by atoms with Gasteiger partial charge in [-0.25, -0.2) is 4.39 Å². The molecule has 26 heavy (non-hydrogen) atoms. The maximum atomic E-state index is 13.2. The van der Waals surface area contributed by atoms with Crippen LogP contribution in [-0.2, 0) is 11.3 Å². The summed E-state index contributed by atoms with van der Waals surface area (Å²) in [6.45, 7) is 3.26. The van der Waals surface area contributed by atoms with Gasteiger partial charge in [0.25, 0.3) is 5.89 Å². The number of anilines is 1. The zero-order valence-corrected chi connectivity index (χ0v) is 15.1. The second-order valence-corrected chi connectivity index (χ2v) is 6.70. The number of aromatic nitrogens is 2. The zero-order chi connectivity index (χ0) is 18.4. The normalized spacial score (nSPS) is 11.0. The molecule has 0 atom stereocenters. The Bertz CT molecular complexity index is 851. The standard InChI is InChI=1S/C18H19FN4O2S/c1-2-8-23(11-16(24)20-14-6-3-5-13(19)10-14)12-17-21-22-18(25-17)15-7-4-9-26-15/h3-7,9-10H,2,8,11-12H2,1H3,(H,20,24). The van der Waals surface area contributed by atoms with Gasteiger partial charge in [0.15, 0.2) is 0 Å². The molecule has 8 heteroatoms. The van der Waals surface area contributed by atoms with Crippen LogP contribution in [0.15, 0.2) is 46.2 Å². The SMILES string of the molecule is CCCN(CC(=O)Nc1cccc(F)c1)Cc1nnc(-c2cccs2)o1. The van der Waals surface area contributed by atoms with Gasteiger partial charge in [-0.2, -0.15) is 0 Å². The van der Waals surface area contributed by atoms with Gasteiger partial charge >= 0.3 is 0 Å². The quantitative estimate of drug-likeness (QED) is 0.650. The van der Waals surface area contributed by atoms with Crippen LogP contribution in [-0.4, -0.2) is 34.1 Å². The summed E-state index contributed by atoms with van der Waals surface area (Å²) in [5.41, 5.74) is 0.434. The highest BCUT2D eigenvalue weighted by Gasteiger charge is 2.16. The predicted octanol–water partition coefficient (Wildman–Crippen LogP) is 3.79. The zero-order valence-electron chi connectivity index (χ0n) is 14.3. The van der Waals surface area contributed by atoms with E-state index in [1.165, 1.54) is 23.5 Å². The first-order valence-electron chi connectivity index (χ1n) is 8.28. The van der Waals surface area contributed by atoms with E-state index in [0.29, 0.717) is 30.6 Å². The van der Waals surface area contributed by atoms with Crippen LogP contribution in [0.3, 0.4) is 0 Å². The van der Waals surface area contributed by atoms with E-state index in [-0.39, 0.29) is 18.3 Å². The summed E-state index contributed by atoms with van der Waals surface area (Å²) in [5.74, 6) is 0.332. The molecule has 0 saturated carbocycles. The number of carbonyl (C=O) groups is 1. The summed E-state index contributed by atoms with van der Waals surface area (Å²) in [5, 5.41) is 12.8. The highest BCUT2D eigenvalue weighted by Crippen LogP contribution is 2.23. The number of hydrogen-bond donors (Lipinski definition) is 1. The Labute approximate surface area is 154 Å². The third-order valence-corrected chi connectivity index (χ3v) is 4.43. The number of nitrogens with zero attached hydrogens (tertiary/aromatic N) is 3. The van der Waals surface area contributed by atoms with Crippen LogP contribution in [0.25, 0.3) is 10.8 Å². The van der Waals surface area contributed by atoms with Crippen molar-refractivity contribution < 1.29 is 13.6 Å². The lowest BCUT2D eigenvalue weighted by Crippen LogP contribution is -2.33. The van der Waals surface area contributed by atoms with Gasteiger partial charge in [-0.3, -0.25) is 9.69 Å². The number of nitrogens with one attached hydrogen (secondary N) is 1. The van der Waals surface area contributed by atoms with Gasteiger partial charge in [-0.1, -0.05) is 19.1 Å². The van der Waals surface area contributed by atoms with Gasteiger partial charge in [0, 0.05) is 5.69 Å². The summed E-state index contributed by atoms with van der Waals surface area (Å²) in [4.78, 5) is 15.1. The van der Waals surface area contributed by atoms with Crippen molar-refractivity contribution in [2.45, 2.75) is 19.9 Å². The molecule has 0 radical (unpaired) electrons. The Morgan fingerprint density at radius 2 is 2.19 bits per heavy atom. The fraction of sp³-hybridized carbons (Fsp3) is 0.278. The molecule has 3 aromatic rings. The molecule has 0 bridgehead atoms. The second-order valence-electron chi connectivity index (χ2n) is 5.75. The fourth-order valence-electron chi connectivity index (χ4n) is 2.51. The Kier molecular flexibility index (Phi) is 6.08. The van der Waals surface area contributed by atoms with Crippen molar-refractivity contribution in [1.82, 2.24) is 15.1 Å². The van der Waals surface area contributed by atoms with Gasteiger partial charge in [0.1, 0.15) is 5.82 Å². The van der Waals surface area contributed by atoms with E-state index in [2.05, 4.69) is 15.5 Å². The Morgan fingerprint density at radius 1 is 1.31 bits per heavy atom. The maximum Gasteiger partial charge on any atom is 0.257 e. The highest BCUT2D eigenvalue weighted by molar-refractivity contribution is 7.13. The van der Waals surface area contributed by atoms with Gasteiger partial charge < -0.3 is 9.73 Å². The van der Waals surface area contributed by atoms with E-state index in [4.69, 9.17) is 4.42 Å². The van der Waals surface area contributed by atoms with Gasteiger partial charge in [-0.15, -0.1) is 21.5 Å². The van der Waals surface area contributed by atoms with Crippen LogP contribution in [0.1, 0.15) is 19.2 Å². The Balaban J connectivity index is 1.61. The molecule has 1 aromatic carbocycles. The van der Waals surface area contributed by atoms with Crippen LogP contribution < -0.4 is 5.32 Å². The van der Waals surface area contributed by atoms with Crippen LogP contribution in [0, 0.1) is 5.82 Å². The first kappa shape index (κ1) is 18.2. The predicted molar refractivity (Wildman–Crippen MR) is 98.2 cm³/mol. The minimum atomic E-state index is -0.389. The minimum Gasteiger partial charge on any atom is -0.419 e. The van der Waals surface area contributed by atoms with Crippen molar-refractivity contribution in [3.8, 4) is 10.8 Å². The summed E-state index contributed by atoms with van der Waals surface area (Å²) >= 11 is 1.53. The Morgan fingerprint density at radius 3 is 2.92 bits per heavy atom. The molecule has 0 saturated heterocycles. The second kappa shape index (κ2) is 8.68. The largest absolute Gasteiger partial charge is 0.419 e. The molecule has 0 aliphatic rings. The molecule has 0 spiro atoms. The number of carbonyl (C=O) groups excluding carboxylic acids is 1. The molecule has 2 heterocycles. The monoisotopic (exact) mass is 374 g/mol. The number of benzene rings is 1. The van der Waals surface area contributed by atoms with Crippen molar-refractivity contribution in [2.24, 2.45) is 0 Å². The maximum absolute atomic E-state index is 13.2. The molecular weight excluding hydrogens is 355 g/mol. The van der Waals surface area contributed by atoms with E-state index < -0.39 is 0 Å². The first-order chi connectivity index (χ1) is 12.6. The molecule has 3 rings (SSSR count). The van der Waals surface area contributed by atoms with Crippen molar-refractivity contribution in [1.29, 1.82) is 0 Å². The van der Waals surface area contributed by atoms with Crippen LogP contribution in [0.2, 0.25) is 0 Å². The molecule has 2 aromatic heterocycles. The highest BCUT2D eigenvalue weighted by atomic mass is 32.1. The minimum absolute atomic E-state index is 0.154. The summed E-state index contributed by atoms with van der Waals surface area (Å²) in [6.07, 6.45) is 0.874. The van der Waals surface area contributed by atoms with E-state index in [0.717, 1.165) is 11.3 Å². The van der Waals surface area contributed by atoms with Crippen molar-refractivity contribution >= 4 is 22.9 Å². The number of thiophene rings is 1. The van der Waals surface area contributed by atoms with E-state index in [1.54, 1.807) is 12.1 Å². The average molecular weight is 374 g/mol. The molecule has 6 nitrogen and oxygen atoms in total. The van der Waals surface area contributed by atoms with Crippen molar-refractivity contribution in [3.05, 3.63) is 53.5 Å². The molecule has 0 aliphatic heterocycles. The lowest BCUT2D eigenvalue weighted by Gasteiger charge is -2.19. The summed E-state index contributed by atoms with van der Waals surface area (Å²) in [6, 6.07) is 9.66. The lowest BCUT2D eigenvalue weighted by molar-refractivity contribution is -0.117. The fourth-order valence-corrected chi connectivity index (χ4v) is 3.15. The van der Waals surface area contributed by atoms with E-state index >= 15 is 0 Å². The van der Waals surface area contributed by atoms with Crippen LogP contribution >= 0.6 is 11.3 Å². The number of halogens is 1. The van der Waals surface area contributed by atoms with Crippen molar-refractivity contribution in [2.75, 3.05) is 18.4 Å². The molecule has 136 valence electrons. The van der Waals surface area contributed by atoms with Gasteiger partial charge in [0.05, 0.1) is 18.0 Å². The lowest BCUT2D eigenvalue weighted by atomic mass is 10.3. The van der Waals surface area contributed by atoms with Crippen LogP contribution in [0.4, 0.5) is 10.1 Å². The van der Waals surface area contributed by atoms with Crippen molar-refractivity contribution in [3.63, 3.8) is 0 Å². The van der Waals surface area contributed by atoms with Crippen LogP contribution in [0.5, 0.6) is 0 Å². The molecule has 0 fully saturated rings. The summed E-state index contributed by atoms with van der Waals surface area (Å²) in [7, 11) is 0. The molecule has 0 unspecified atom stereocenters. The molecule has 1 amide bonds.